The minimum atomic E-state index is -0.817. The highest BCUT2D eigenvalue weighted by Gasteiger charge is 2.22. The molecule has 5 heteroatoms. The Bertz CT molecular complexity index is 419. The first-order valence-corrected chi connectivity index (χ1v) is 5.95. The summed E-state index contributed by atoms with van der Waals surface area (Å²) < 4.78 is 32.0. The molecule has 1 fully saturated rings. The van der Waals surface area contributed by atoms with Crippen molar-refractivity contribution in [1.29, 1.82) is 0 Å². The Labute approximate surface area is 104 Å². The van der Waals surface area contributed by atoms with E-state index in [0.717, 1.165) is 19.4 Å². The predicted molar refractivity (Wildman–Crippen MR) is 62.6 cm³/mol. The lowest BCUT2D eigenvalue weighted by atomic mass is 10.0. The second-order valence-electron chi connectivity index (χ2n) is 4.18. The van der Waals surface area contributed by atoms with Crippen molar-refractivity contribution < 1.29 is 13.5 Å². The van der Waals surface area contributed by atoms with Crippen molar-refractivity contribution in [1.82, 2.24) is 5.32 Å². The van der Waals surface area contributed by atoms with Crippen LogP contribution in [-0.2, 0) is 6.42 Å². The minimum Gasteiger partial charge on any atom is -0.493 e. The van der Waals surface area contributed by atoms with E-state index >= 15 is 0 Å². The van der Waals surface area contributed by atoms with E-state index in [1.54, 1.807) is 0 Å². The van der Waals surface area contributed by atoms with Gasteiger partial charge in [-0.15, -0.1) is 0 Å². The molecular weight excluding hydrogens is 248 g/mol. The number of methoxy groups -OCH3 is 1. The summed E-state index contributed by atoms with van der Waals surface area (Å²) in [5.74, 6) is -1.51. The number of hydrogen-bond donors (Lipinski definition) is 1. The summed E-state index contributed by atoms with van der Waals surface area (Å²) in [6.07, 6.45) is 2.65. The first-order chi connectivity index (χ1) is 8.13. The van der Waals surface area contributed by atoms with Crippen molar-refractivity contribution in [2.45, 2.75) is 25.3 Å². The molecule has 1 aromatic carbocycles. The Kier molecular flexibility index (Phi) is 3.84. The van der Waals surface area contributed by atoms with Gasteiger partial charge in [-0.3, -0.25) is 0 Å². The highest BCUT2D eigenvalue weighted by molar-refractivity contribution is 6.31. The van der Waals surface area contributed by atoms with Crippen LogP contribution in [0, 0.1) is 11.6 Å². The summed E-state index contributed by atoms with van der Waals surface area (Å²) in [6.45, 7) is 0.950. The smallest absolute Gasteiger partial charge is 0.186 e. The molecule has 0 bridgehead atoms. The molecule has 1 aliphatic rings. The summed E-state index contributed by atoms with van der Waals surface area (Å²) in [5.41, 5.74) is 0.520. The Morgan fingerprint density at radius 2 is 2.29 bits per heavy atom. The molecular formula is C12H14ClF2NO. The number of benzene rings is 1. The molecule has 1 aromatic rings. The average molecular weight is 262 g/mol. The summed E-state index contributed by atoms with van der Waals surface area (Å²) >= 11 is 5.50. The molecule has 0 radical (unpaired) electrons. The Hall–Kier alpha value is -0.870. The van der Waals surface area contributed by atoms with E-state index in [4.69, 9.17) is 16.3 Å². The normalized spacial score (nSPS) is 19.6. The van der Waals surface area contributed by atoms with E-state index in [1.165, 1.54) is 13.2 Å². The van der Waals surface area contributed by atoms with E-state index in [2.05, 4.69) is 5.32 Å². The van der Waals surface area contributed by atoms with Gasteiger partial charge in [-0.25, -0.2) is 8.78 Å². The van der Waals surface area contributed by atoms with Crippen LogP contribution in [-0.4, -0.2) is 19.7 Å². The maximum absolute atomic E-state index is 13.7. The van der Waals surface area contributed by atoms with Gasteiger partial charge in [-0.05, 0) is 31.9 Å². The third kappa shape index (κ3) is 2.53. The number of ether oxygens (including phenoxy) is 1. The van der Waals surface area contributed by atoms with Crippen LogP contribution in [0.3, 0.4) is 0 Å². The summed E-state index contributed by atoms with van der Waals surface area (Å²) in [5, 5.41) is 2.77. The monoisotopic (exact) mass is 261 g/mol. The Morgan fingerprint density at radius 3 is 2.88 bits per heavy atom. The van der Waals surface area contributed by atoms with Gasteiger partial charge in [0, 0.05) is 11.6 Å². The van der Waals surface area contributed by atoms with Gasteiger partial charge >= 0.3 is 0 Å². The molecule has 1 atom stereocenters. The number of halogens is 3. The molecule has 0 spiro atoms. The zero-order chi connectivity index (χ0) is 12.4. The zero-order valence-corrected chi connectivity index (χ0v) is 10.3. The number of hydrogen-bond acceptors (Lipinski definition) is 2. The highest BCUT2D eigenvalue weighted by atomic mass is 35.5. The third-order valence-electron chi connectivity index (χ3n) is 3.03. The van der Waals surface area contributed by atoms with Gasteiger partial charge in [0.2, 0.25) is 0 Å². The molecule has 2 rings (SSSR count). The quantitative estimate of drug-likeness (QED) is 0.845. The predicted octanol–water partition coefficient (Wildman–Crippen LogP) is 2.92. The standard InChI is InChI=1S/C12H14ClF2NO/c1-17-12-7(5-8-3-2-4-16-8)6-9(14)10(13)11(12)15/h6,8,16H,2-5H2,1H3. The lowest BCUT2D eigenvalue weighted by Gasteiger charge is -2.15. The van der Waals surface area contributed by atoms with Crippen molar-refractivity contribution >= 4 is 11.6 Å². The fourth-order valence-electron chi connectivity index (χ4n) is 2.20. The van der Waals surface area contributed by atoms with Gasteiger partial charge in [-0.2, -0.15) is 0 Å². The van der Waals surface area contributed by atoms with Crippen molar-refractivity contribution in [2.75, 3.05) is 13.7 Å². The average Bonchev–Trinajstić information content (AvgIpc) is 2.79. The summed E-state index contributed by atoms with van der Waals surface area (Å²) in [4.78, 5) is 0. The van der Waals surface area contributed by atoms with Crippen LogP contribution in [0.1, 0.15) is 18.4 Å². The van der Waals surface area contributed by atoms with Crippen LogP contribution in [0.4, 0.5) is 8.78 Å². The van der Waals surface area contributed by atoms with Gasteiger partial charge in [0.1, 0.15) is 10.8 Å². The maximum Gasteiger partial charge on any atom is 0.186 e. The van der Waals surface area contributed by atoms with Gasteiger partial charge in [0.15, 0.2) is 11.6 Å². The van der Waals surface area contributed by atoms with Crippen molar-refractivity contribution in [3.05, 3.63) is 28.3 Å². The van der Waals surface area contributed by atoms with E-state index in [9.17, 15) is 8.78 Å². The molecule has 0 aliphatic carbocycles. The van der Waals surface area contributed by atoms with Crippen LogP contribution in [0.5, 0.6) is 5.75 Å². The maximum atomic E-state index is 13.7. The highest BCUT2D eigenvalue weighted by Crippen LogP contribution is 2.32. The minimum absolute atomic E-state index is 0.0464. The van der Waals surface area contributed by atoms with Gasteiger partial charge in [-0.1, -0.05) is 11.6 Å². The van der Waals surface area contributed by atoms with Crippen LogP contribution in [0.25, 0.3) is 0 Å². The molecule has 94 valence electrons. The third-order valence-corrected chi connectivity index (χ3v) is 3.37. The van der Waals surface area contributed by atoms with Gasteiger partial charge < -0.3 is 10.1 Å². The Balaban J connectivity index is 2.31. The molecule has 1 aliphatic heterocycles. The lowest BCUT2D eigenvalue weighted by molar-refractivity contribution is 0.376. The number of nitrogens with one attached hydrogen (secondary N) is 1. The molecule has 0 aromatic heterocycles. The van der Waals surface area contributed by atoms with E-state index in [0.29, 0.717) is 12.0 Å². The summed E-state index contributed by atoms with van der Waals surface area (Å²) in [7, 11) is 1.36. The lowest BCUT2D eigenvalue weighted by Crippen LogP contribution is -2.24. The SMILES string of the molecule is COc1c(CC2CCCN2)cc(F)c(Cl)c1F. The molecule has 0 saturated carbocycles. The van der Waals surface area contributed by atoms with Crippen molar-refractivity contribution in [3.8, 4) is 5.75 Å². The second-order valence-corrected chi connectivity index (χ2v) is 4.55. The molecule has 1 saturated heterocycles. The molecule has 0 amide bonds. The van der Waals surface area contributed by atoms with E-state index < -0.39 is 16.7 Å². The molecule has 1 unspecified atom stereocenters. The van der Waals surface area contributed by atoms with E-state index in [-0.39, 0.29) is 11.8 Å². The first-order valence-electron chi connectivity index (χ1n) is 5.57. The molecule has 1 heterocycles. The fourth-order valence-corrected chi connectivity index (χ4v) is 2.34. The largest absolute Gasteiger partial charge is 0.493 e. The fraction of sp³-hybridized carbons (Fsp3) is 0.500. The molecule has 1 N–H and O–H groups in total. The van der Waals surface area contributed by atoms with Gasteiger partial charge in [0.05, 0.1) is 7.11 Å². The van der Waals surface area contributed by atoms with Crippen LogP contribution in [0.2, 0.25) is 5.02 Å². The van der Waals surface area contributed by atoms with Gasteiger partial charge in [0.25, 0.3) is 0 Å². The van der Waals surface area contributed by atoms with E-state index in [1.807, 2.05) is 0 Å². The number of rotatable bonds is 3. The van der Waals surface area contributed by atoms with Crippen LogP contribution >= 0.6 is 11.6 Å². The van der Waals surface area contributed by atoms with Crippen LogP contribution < -0.4 is 10.1 Å². The topological polar surface area (TPSA) is 21.3 Å². The zero-order valence-electron chi connectivity index (χ0n) is 9.53. The van der Waals surface area contributed by atoms with Crippen molar-refractivity contribution in [2.24, 2.45) is 0 Å². The molecule has 17 heavy (non-hydrogen) atoms. The van der Waals surface area contributed by atoms with Crippen molar-refractivity contribution in [3.63, 3.8) is 0 Å². The second kappa shape index (κ2) is 5.19. The summed E-state index contributed by atoms with van der Waals surface area (Å²) in [6, 6.07) is 1.51. The Morgan fingerprint density at radius 1 is 1.53 bits per heavy atom. The first kappa shape index (κ1) is 12.6. The molecule has 2 nitrogen and oxygen atoms in total. The van der Waals surface area contributed by atoms with Crippen LogP contribution in [0.15, 0.2) is 6.07 Å².